The molecule has 0 fully saturated rings. The molecule has 0 saturated heterocycles. The number of ether oxygens (including phenoxy) is 2. The number of benzene rings is 1. The third-order valence-corrected chi connectivity index (χ3v) is 3.29. The molecule has 0 saturated carbocycles. The summed E-state index contributed by atoms with van der Waals surface area (Å²) in [6, 6.07) is 7.65. The quantitative estimate of drug-likeness (QED) is 0.769. The first kappa shape index (κ1) is 14.8. The molecule has 106 valence electrons. The van der Waals surface area contributed by atoms with Crippen LogP contribution in [0.3, 0.4) is 0 Å². The summed E-state index contributed by atoms with van der Waals surface area (Å²) in [5, 5.41) is 0. The van der Waals surface area contributed by atoms with Crippen molar-refractivity contribution in [2.24, 2.45) is 0 Å². The van der Waals surface area contributed by atoms with Crippen LogP contribution in [0.15, 0.2) is 28.9 Å². The molecule has 2 rings (SSSR count). The number of aromatic nitrogens is 2. The molecule has 0 amide bonds. The van der Waals surface area contributed by atoms with Gasteiger partial charge in [-0.05, 0) is 40.0 Å². The highest BCUT2D eigenvalue weighted by molar-refractivity contribution is 9.10. The van der Waals surface area contributed by atoms with Gasteiger partial charge in [0.2, 0.25) is 5.88 Å². The molecule has 0 atom stereocenters. The van der Waals surface area contributed by atoms with Gasteiger partial charge in [-0.2, -0.15) is 4.98 Å². The third kappa shape index (κ3) is 3.48. The average Bonchev–Trinajstić information content (AvgIpc) is 2.47. The molecule has 1 heterocycles. The van der Waals surface area contributed by atoms with Crippen LogP contribution in [-0.2, 0) is 12.8 Å². The van der Waals surface area contributed by atoms with Gasteiger partial charge in [-0.25, -0.2) is 4.98 Å². The van der Waals surface area contributed by atoms with Crippen molar-refractivity contribution in [2.75, 3.05) is 7.11 Å². The van der Waals surface area contributed by atoms with Crippen LogP contribution < -0.4 is 9.47 Å². The van der Waals surface area contributed by atoms with Crippen molar-refractivity contribution in [2.45, 2.75) is 26.7 Å². The summed E-state index contributed by atoms with van der Waals surface area (Å²) < 4.78 is 11.9. The fraction of sp³-hybridized carbons (Fsp3) is 0.333. The summed E-state index contributed by atoms with van der Waals surface area (Å²) in [7, 11) is 1.63. The Balaban J connectivity index is 2.31. The molecule has 0 aliphatic rings. The molecule has 1 aromatic heterocycles. The molecule has 0 bridgehead atoms. The van der Waals surface area contributed by atoms with Gasteiger partial charge in [0.25, 0.3) is 0 Å². The molecule has 0 aliphatic heterocycles. The lowest BCUT2D eigenvalue weighted by molar-refractivity contribution is 0.372. The van der Waals surface area contributed by atoms with Crippen molar-refractivity contribution in [3.63, 3.8) is 0 Å². The van der Waals surface area contributed by atoms with Crippen molar-refractivity contribution >= 4 is 15.9 Å². The second kappa shape index (κ2) is 6.70. The molecular formula is C15H17BrN2O2. The Morgan fingerprint density at radius 3 is 2.50 bits per heavy atom. The number of hydrogen-bond acceptors (Lipinski definition) is 4. The molecular weight excluding hydrogens is 320 g/mol. The van der Waals surface area contributed by atoms with E-state index >= 15 is 0 Å². The van der Waals surface area contributed by atoms with E-state index in [0.29, 0.717) is 22.0 Å². The molecule has 5 heteroatoms. The van der Waals surface area contributed by atoms with Gasteiger partial charge in [0.15, 0.2) is 11.5 Å². The van der Waals surface area contributed by atoms with E-state index < -0.39 is 0 Å². The minimum absolute atomic E-state index is 0.506. The summed E-state index contributed by atoms with van der Waals surface area (Å²) in [6.07, 6.45) is 1.71. The molecule has 2 aromatic rings. The fourth-order valence-corrected chi connectivity index (χ4v) is 2.18. The van der Waals surface area contributed by atoms with E-state index in [1.807, 2.05) is 25.1 Å². The number of rotatable bonds is 5. The van der Waals surface area contributed by atoms with E-state index in [1.54, 1.807) is 13.2 Å². The van der Waals surface area contributed by atoms with Crippen LogP contribution in [-0.4, -0.2) is 17.1 Å². The zero-order chi connectivity index (χ0) is 14.5. The van der Waals surface area contributed by atoms with Crippen molar-refractivity contribution in [1.82, 2.24) is 9.97 Å². The standard InChI is InChI=1S/C15H17BrN2O2/c1-4-10-6-7-11(12(8-10)19-3)20-15-9-13(16)17-14(5-2)18-15/h6-9H,4-5H2,1-3H3. The molecule has 0 N–H and O–H groups in total. The van der Waals surface area contributed by atoms with Crippen molar-refractivity contribution in [1.29, 1.82) is 0 Å². The van der Waals surface area contributed by atoms with E-state index in [9.17, 15) is 0 Å². The van der Waals surface area contributed by atoms with Gasteiger partial charge in [-0.15, -0.1) is 0 Å². The Kier molecular flexibility index (Phi) is 4.95. The second-order valence-corrected chi connectivity index (χ2v) is 5.05. The minimum Gasteiger partial charge on any atom is -0.493 e. The minimum atomic E-state index is 0.506. The lowest BCUT2D eigenvalue weighted by Gasteiger charge is -2.11. The smallest absolute Gasteiger partial charge is 0.223 e. The highest BCUT2D eigenvalue weighted by atomic mass is 79.9. The molecule has 20 heavy (non-hydrogen) atoms. The topological polar surface area (TPSA) is 44.2 Å². The van der Waals surface area contributed by atoms with Gasteiger partial charge in [-0.3, -0.25) is 0 Å². The molecule has 0 radical (unpaired) electrons. The van der Waals surface area contributed by atoms with E-state index in [0.717, 1.165) is 18.7 Å². The predicted octanol–water partition coefficient (Wildman–Crippen LogP) is 4.16. The first-order chi connectivity index (χ1) is 9.66. The Morgan fingerprint density at radius 1 is 1.05 bits per heavy atom. The second-order valence-electron chi connectivity index (χ2n) is 4.24. The van der Waals surface area contributed by atoms with Crippen LogP contribution in [0.25, 0.3) is 0 Å². The maximum atomic E-state index is 5.82. The predicted molar refractivity (Wildman–Crippen MR) is 81.6 cm³/mol. The lowest BCUT2D eigenvalue weighted by Crippen LogP contribution is -1.98. The van der Waals surface area contributed by atoms with Crippen LogP contribution in [0.2, 0.25) is 0 Å². The third-order valence-electron chi connectivity index (χ3n) is 2.88. The van der Waals surface area contributed by atoms with Crippen LogP contribution in [0.4, 0.5) is 0 Å². The SMILES string of the molecule is CCc1ccc(Oc2cc(Br)nc(CC)n2)c(OC)c1. The van der Waals surface area contributed by atoms with E-state index in [2.05, 4.69) is 32.8 Å². The van der Waals surface area contributed by atoms with E-state index in [4.69, 9.17) is 9.47 Å². The maximum absolute atomic E-state index is 5.82. The normalized spacial score (nSPS) is 10.4. The molecule has 0 spiro atoms. The maximum Gasteiger partial charge on any atom is 0.223 e. The lowest BCUT2D eigenvalue weighted by atomic mass is 10.1. The van der Waals surface area contributed by atoms with Crippen molar-refractivity contribution in [3.05, 3.63) is 40.3 Å². The Bertz CT molecular complexity index is 602. The Morgan fingerprint density at radius 2 is 1.85 bits per heavy atom. The van der Waals surface area contributed by atoms with Gasteiger partial charge in [-0.1, -0.05) is 19.9 Å². The largest absolute Gasteiger partial charge is 0.493 e. The monoisotopic (exact) mass is 336 g/mol. The average molecular weight is 337 g/mol. The van der Waals surface area contributed by atoms with Crippen LogP contribution >= 0.6 is 15.9 Å². The number of methoxy groups -OCH3 is 1. The van der Waals surface area contributed by atoms with Gasteiger partial charge in [0.05, 0.1) is 7.11 Å². The first-order valence-electron chi connectivity index (χ1n) is 6.54. The zero-order valence-corrected chi connectivity index (χ0v) is 13.4. The summed E-state index contributed by atoms with van der Waals surface area (Å²) in [4.78, 5) is 8.60. The van der Waals surface area contributed by atoms with Gasteiger partial charge in [0, 0.05) is 12.5 Å². The number of hydrogen-bond donors (Lipinski definition) is 0. The molecule has 0 unspecified atom stereocenters. The molecule has 0 aliphatic carbocycles. The van der Waals surface area contributed by atoms with Gasteiger partial charge < -0.3 is 9.47 Å². The summed E-state index contributed by atoms with van der Waals surface area (Å²) in [5.41, 5.74) is 1.20. The number of nitrogens with zero attached hydrogens (tertiary/aromatic N) is 2. The summed E-state index contributed by atoms with van der Waals surface area (Å²) in [6.45, 7) is 4.10. The first-order valence-corrected chi connectivity index (χ1v) is 7.33. The Labute approximate surface area is 127 Å². The van der Waals surface area contributed by atoms with Crippen LogP contribution in [0, 0.1) is 0 Å². The fourth-order valence-electron chi connectivity index (χ4n) is 1.78. The number of aryl methyl sites for hydroxylation is 2. The highest BCUT2D eigenvalue weighted by Gasteiger charge is 2.09. The molecule has 1 aromatic carbocycles. The molecule has 4 nitrogen and oxygen atoms in total. The van der Waals surface area contributed by atoms with E-state index in [-0.39, 0.29) is 0 Å². The van der Waals surface area contributed by atoms with E-state index in [1.165, 1.54) is 5.56 Å². The van der Waals surface area contributed by atoms with Gasteiger partial charge in [0.1, 0.15) is 10.4 Å². The zero-order valence-electron chi connectivity index (χ0n) is 11.8. The van der Waals surface area contributed by atoms with Crippen molar-refractivity contribution in [3.8, 4) is 17.4 Å². The number of halogens is 1. The van der Waals surface area contributed by atoms with Crippen LogP contribution in [0.1, 0.15) is 25.2 Å². The van der Waals surface area contributed by atoms with Crippen LogP contribution in [0.5, 0.6) is 17.4 Å². The van der Waals surface area contributed by atoms with Gasteiger partial charge >= 0.3 is 0 Å². The highest BCUT2D eigenvalue weighted by Crippen LogP contribution is 2.32. The van der Waals surface area contributed by atoms with Crippen molar-refractivity contribution < 1.29 is 9.47 Å². The Hall–Kier alpha value is -1.62. The summed E-state index contributed by atoms with van der Waals surface area (Å²) >= 11 is 3.36. The summed E-state index contributed by atoms with van der Waals surface area (Å²) in [5.74, 6) is 2.60.